The smallest absolute Gasteiger partial charge is 0.128 e. The summed E-state index contributed by atoms with van der Waals surface area (Å²) in [5.74, 6) is 1.07. The molecule has 0 atom stereocenters. The minimum absolute atomic E-state index is 0.325. The maximum Gasteiger partial charge on any atom is 0.128 e. The quantitative estimate of drug-likeness (QED) is 0.862. The normalized spacial score (nSPS) is 14.3. The highest BCUT2D eigenvalue weighted by Gasteiger charge is 2.17. The summed E-state index contributed by atoms with van der Waals surface area (Å²) in [6, 6.07) is 5.79. The fraction of sp³-hybridized carbons (Fsp3) is 0.231. The third kappa shape index (κ3) is 2.31. The number of nitrogens with two attached hydrogens (primary N) is 1. The van der Waals surface area contributed by atoms with Crippen molar-refractivity contribution < 1.29 is 0 Å². The molecule has 98 valence electrons. The van der Waals surface area contributed by atoms with Gasteiger partial charge in [0.2, 0.25) is 0 Å². The van der Waals surface area contributed by atoms with E-state index in [2.05, 4.69) is 14.5 Å². The van der Waals surface area contributed by atoms with Gasteiger partial charge in [-0.05, 0) is 18.2 Å². The Labute approximate surface area is 121 Å². The predicted octanol–water partition coefficient (Wildman–Crippen LogP) is 2.19. The molecule has 3 rings (SSSR count). The number of fused-ring (bicyclic) bond motifs is 1. The molecule has 0 aliphatic carbocycles. The summed E-state index contributed by atoms with van der Waals surface area (Å²) >= 11 is 11.2. The molecule has 1 aromatic heterocycles. The molecule has 1 aliphatic heterocycles. The maximum atomic E-state index is 6.21. The first-order valence-electron chi connectivity index (χ1n) is 5.99. The van der Waals surface area contributed by atoms with Gasteiger partial charge in [0.15, 0.2) is 0 Å². The van der Waals surface area contributed by atoms with Crippen molar-refractivity contribution in [1.29, 1.82) is 0 Å². The first-order chi connectivity index (χ1) is 9.15. The Balaban J connectivity index is 1.88. The molecule has 0 unspecified atom stereocenters. The third-order valence-electron chi connectivity index (χ3n) is 3.33. The SMILES string of the molecule is NC(=S)c1ccc(N2CCn3ccnc3C2)cc1Cl. The van der Waals surface area contributed by atoms with E-state index in [0.717, 1.165) is 36.7 Å². The number of rotatable bonds is 2. The highest BCUT2D eigenvalue weighted by molar-refractivity contribution is 7.80. The van der Waals surface area contributed by atoms with Crippen LogP contribution >= 0.6 is 23.8 Å². The van der Waals surface area contributed by atoms with E-state index in [0.29, 0.717) is 10.0 Å². The van der Waals surface area contributed by atoms with Crippen LogP contribution in [0.3, 0.4) is 0 Å². The lowest BCUT2D eigenvalue weighted by Gasteiger charge is -2.29. The van der Waals surface area contributed by atoms with Crippen LogP contribution < -0.4 is 10.6 Å². The fourth-order valence-electron chi connectivity index (χ4n) is 2.29. The average Bonchev–Trinajstić information content (AvgIpc) is 2.85. The molecule has 1 aromatic carbocycles. The van der Waals surface area contributed by atoms with E-state index in [1.807, 2.05) is 30.6 Å². The van der Waals surface area contributed by atoms with E-state index in [1.54, 1.807) is 0 Å². The van der Waals surface area contributed by atoms with E-state index >= 15 is 0 Å². The first-order valence-corrected chi connectivity index (χ1v) is 6.78. The van der Waals surface area contributed by atoms with Gasteiger partial charge in [0.05, 0.1) is 11.6 Å². The number of benzene rings is 1. The Morgan fingerprint density at radius 2 is 2.21 bits per heavy atom. The molecule has 2 heterocycles. The van der Waals surface area contributed by atoms with Crippen molar-refractivity contribution in [2.45, 2.75) is 13.1 Å². The lowest BCUT2D eigenvalue weighted by molar-refractivity contribution is 0.560. The van der Waals surface area contributed by atoms with E-state index < -0.39 is 0 Å². The highest BCUT2D eigenvalue weighted by Crippen LogP contribution is 2.26. The van der Waals surface area contributed by atoms with Crippen LogP contribution in [0.2, 0.25) is 5.02 Å². The Kier molecular flexibility index (Phi) is 3.16. The van der Waals surface area contributed by atoms with Gasteiger partial charge in [0.1, 0.15) is 10.8 Å². The Hall–Kier alpha value is -1.59. The molecular weight excluding hydrogens is 280 g/mol. The monoisotopic (exact) mass is 292 g/mol. The zero-order valence-corrected chi connectivity index (χ0v) is 11.8. The average molecular weight is 293 g/mol. The van der Waals surface area contributed by atoms with E-state index in [-0.39, 0.29) is 0 Å². The second-order valence-corrected chi connectivity index (χ2v) is 5.33. The summed E-state index contributed by atoms with van der Waals surface area (Å²) in [6.07, 6.45) is 3.84. The van der Waals surface area contributed by atoms with Crippen molar-refractivity contribution in [1.82, 2.24) is 9.55 Å². The molecule has 0 radical (unpaired) electrons. The molecule has 1 aliphatic rings. The van der Waals surface area contributed by atoms with Crippen LogP contribution in [0.15, 0.2) is 30.6 Å². The number of imidazole rings is 1. The maximum absolute atomic E-state index is 6.21. The van der Waals surface area contributed by atoms with Gasteiger partial charge in [-0.3, -0.25) is 0 Å². The largest absolute Gasteiger partial charge is 0.389 e. The van der Waals surface area contributed by atoms with Gasteiger partial charge in [-0.2, -0.15) is 0 Å². The second kappa shape index (κ2) is 4.83. The molecule has 0 spiro atoms. The minimum atomic E-state index is 0.325. The summed E-state index contributed by atoms with van der Waals surface area (Å²) < 4.78 is 2.17. The lowest BCUT2D eigenvalue weighted by Crippen LogP contribution is -2.33. The number of hydrogen-bond acceptors (Lipinski definition) is 3. The number of anilines is 1. The number of aromatic nitrogens is 2. The van der Waals surface area contributed by atoms with Crippen molar-refractivity contribution >= 4 is 34.5 Å². The van der Waals surface area contributed by atoms with Gasteiger partial charge in [-0.1, -0.05) is 23.8 Å². The van der Waals surface area contributed by atoms with Gasteiger partial charge >= 0.3 is 0 Å². The number of nitrogens with zero attached hydrogens (tertiary/aromatic N) is 3. The summed E-state index contributed by atoms with van der Waals surface area (Å²) in [6.45, 7) is 2.66. The summed E-state index contributed by atoms with van der Waals surface area (Å²) in [4.78, 5) is 6.92. The highest BCUT2D eigenvalue weighted by atomic mass is 35.5. The first kappa shape index (κ1) is 12.4. The van der Waals surface area contributed by atoms with E-state index in [4.69, 9.17) is 29.6 Å². The lowest BCUT2D eigenvalue weighted by atomic mass is 10.2. The molecule has 0 saturated heterocycles. The van der Waals surface area contributed by atoms with Crippen molar-refractivity contribution in [3.05, 3.63) is 47.0 Å². The summed E-state index contributed by atoms with van der Waals surface area (Å²) in [5, 5.41) is 0.596. The number of thiocarbonyl (C=S) groups is 1. The van der Waals surface area contributed by atoms with Gasteiger partial charge in [-0.15, -0.1) is 0 Å². The Morgan fingerprint density at radius 1 is 1.37 bits per heavy atom. The van der Waals surface area contributed by atoms with Crippen LogP contribution in [0.1, 0.15) is 11.4 Å². The number of halogens is 1. The van der Waals surface area contributed by atoms with Gasteiger partial charge in [0.25, 0.3) is 0 Å². The van der Waals surface area contributed by atoms with Gasteiger partial charge in [-0.25, -0.2) is 4.98 Å². The van der Waals surface area contributed by atoms with Crippen LogP contribution in [0.5, 0.6) is 0 Å². The fourth-order valence-corrected chi connectivity index (χ4v) is 2.81. The summed E-state index contributed by atoms with van der Waals surface area (Å²) in [5.41, 5.74) is 7.40. The van der Waals surface area contributed by atoms with E-state index in [9.17, 15) is 0 Å². The van der Waals surface area contributed by atoms with E-state index in [1.165, 1.54) is 0 Å². The third-order valence-corrected chi connectivity index (χ3v) is 3.86. The van der Waals surface area contributed by atoms with Crippen molar-refractivity contribution in [2.75, 3.05) is 11.4 Å². The van der Waals surface area contributed by atoms with Crippen molar-refractivity contribution in [3.63, 3.8) is 0 Å². The Bertz CT molecular complexity index is 637. The van der Waals surface area contributed by atoms with Crippen LogP contribution in [0.4, 0.5) is 5.69 Å². The molecule has 2 N–H and O–H groups in total. The van der Waals surface area contributed by atoms with Crippen molar-refractivity contribution in [2.24, 2.45) is 5.73 Å². The molecule has 6 heteroatoms. The standard InChI is InChI=1S/C13H13ClN4S/c14-11-7-9(1-2-10(11)13(15)19)18-6-5-17-4-3-16-12(17)8-18/h1-4,7H,5-6,8H2,(H2,15,19). The molecule has 0 saturated carbocycles. The van der Waals surface area contributed by atoms with Crippen LogP contribution in [0.25, 0.3) is 0 Å². The van der Waals surface area contributed by atoms with Crippen LogP contribution in [-0.4, -0.2) is 21.1 Å². The molecule has 4 nitrogen and oxygen atoms in total. The Morgan fingerprint density at radius 3 is 2.95 bits per heavy atom. The summed E-state index contributed by atoms with van der Waals surface area (Å²) in [7, 11) is 0. The molecule has 0 fully saturated rings. The van der Waals surface area contributed by atoms with Gasteiger partial charge < -0.3 is 15.2 Å². The molecule has 0 amide bonds. The molecular formula is C13H13ClN4S. The topological polar surface area (TPSA) is 47.1 Å². The molecule has 2 aromatic rings. The van der Waals surface area contributed by atoms with Gasteiger partial charge in [0, 0.05) is 36.7 Å². The predicted molar refractivity (Wildman–Crippen MR) is 80.6 cm³/mol. The zero-order valence-electron chi connectivity index (χ0n) is 10.2. The zero-order chi connectivity index (χ0) is 13.4. The number of hydrogen-bond donors (Lipinski definition) is 1. The van der Waals surface area contributed by atoms with Crippen LogP contribution in [0, 0.1) is 0 Å². The molecule has 0 bridgehead atoms. The minimum Gasteiger partial charge on any atom is -0.389 e. The van der Waals surface area contributed by atoms with Crippen molar-refractivity contribution in [3.8, 4) is 0 Å². The molecule has 19 heavy (non-hydrogen) atoms. The van der Waals surface area contributed by atoms with Crippen LogP contribution in [-0.2, 0) is 13.1 Å². The second-order valence-electron chi connectivity index (χ2n) is 4.49.